The molecule has 0 saturated heterocycles. The molecule has 22 heavy (non-hydrogen) atoms. The summed E-state index contributed by atoms with van der Waals surface area (Å²) >= 11 is 12.1. The monoisotopic (exact) mass is 334 g/mol. The van der Waals surface area contributed by atoms with E-state index in [0.717, 1.165) is 16.9 Å². The second kappa shape index (κ2) is 5.63. The predicted octanol–water partition coefficient (Wildman–Crippen LogP) is 4.40. The third-order valence-corrected chi connectivity index (χ3v) is 4.12. The van der Waals surface area contributed by atoms with Crippen LogP contribution in [0.3, 0.4) is 0 Å². The average molecular weight is 335 g/mol. The van der Waals surface area contributed by atoms with Gasteiger partial charge in [-0.2, -0.15) is 0 Å². The molecule has 0 atom stereocenters. The number of aryl methyl sites for hydroxylation is 1. The summed E-state index contributed by atoms with van der Waals surface area (Å²) < 4.78 is 2.00. The van der Waals surface area contributed by atoms with E-state index in [1.807, 2.05) is 17.6 Å². The summed E-state index contributed by atoms with van der Waals surface area (Å²) in [5.41, 5.74) is 2.67. The van der Waals surface area contributed by atoms with Gasteiger partial charge >= 0.3 is 5.97 Å². The molecule has 4 nitrogen and oxygen atoms in total. The van der Waals surface area contributed by atoms with Gasteiger partial charge in [0, 0.05) is 10.0 Å². The first kappa shape index (κ1) is 14.9. The Balaban J connectivity index is 2.07. The Morgan fingerprint density at radius 3 is 2.68 bits per heavy atom. The number of carboxylic acid groups (broad SMARTS) is 1. The first-order valence-corrected chi connectivity index (χ1v) is 7.35. The number of imidazole rings is 1. The molecular formula is C16H12Cl2N2O2. The van der Waals surface area contributed by atoms with Gasteiger partial charge in [-0.25, -0.2) is 9.78 Å². The minimum absolute atomic E-state index is 0.224. The van der Waals surface area contributed by atoms with E-state index in [1.54, 1.807) is 30.3 Å². The zero-order chi connectivity index (χ0) is 15.9. The van der Waals surface area contributed by atoms with Crippen LogP contribution in [0.25, 0.3) is 11.0 Å². The van der Waals surface area contributed by atoms with Crippen molar-refractivity contribution in [2.24, 2.45) is 0 Å². The molecule has 3 aromatic rings. The fourth-order valence-corrected chi connectivity index (χ4v) is 2.87. The number of aromatic nitrogens is 2. The highest BCUT2D eigenvalue weighted by atomic mass is 35.5. The Morgan fingerprint density at radius 1 is 1.23 bits per heavy atom. The highest BCUT2D eigenvalue weighted by Gasteiger charge is 2.12. The number of aromatic carboxylic acids is 1. The van der Waals surface area contributed by atoms with Crippen molar-refractivity contribution in [3.63, 3.8) is 0 Å². The van der Waals surface area contributed by atoms with Crippen LogP contribution in [0.4, 0.5) is 0 Å². The van der Waals surface area contributed by atoms with Gasteiger partial charge in [-0.15, -0.1) is 0 Å². The number of carboxylic acids is 1. The molecule has 3 rings (SSSR count). The lowest BCUT2D eigenvalue weighted by Crippen LogP contribution is -2.03. The van der Waals surface area contributed by atoms with Gasteiger partial charge in [0.2, 0.25) is 0 Å². The van der Waals surface area contributed by atoms with E-state index in [4.69, 9.17) is 28.3 Å². The molecule has 0 bridgehead atoms. The lowest BCUT2D eigenvalue weighted by atomic mass is 10.2. The Labute approximate surface area is 136 Å². The molecule has 0 aliphatic carbocycles. The van der Waals surface area contributed by atoms with Gasteiger partial charge in [0.05, 0.1) is 23.1 Å². The lowest BCUT2D eigenvalue weighted by molar-refractivity contribution is 0.0697. The van der Waals surface area contributed by atoms with Crippen LogP contribution in [-0.2, 0) is 6.54 Å². The maximum Gasteiger partial charge on any atom is 0.335 e. The second-order valence-corrected chi connectivity index (χ2v) is 5.83. The third kappa shape index (κ3) is 2.67. The molecule has 0 radical (unpaired) electrons. The van der Waals surface area contributed by atoms with Gasteiger partial charge in [-0.3, -0.25) is 0 Å². The number of benzene rings is 2. The fraction of sp³-hybridized carbons (Fsp3) is 0.125. The number of rotatable bonds is 3. The fourth-order valence-electron chi connectivity index (χ4n) is 2.40. The summed E-state index contributed by atoms with van der Waals surface area (Å²) in [4.78, 5) is 15.5. The Hall–Kier alpha value is -2.04. The van der Waals surface area contributed by atoms with Crippen molar-refractivity contribution in [1.29, 1.82) is 0 Å². The van der Waals surface area contributed by atoms with Crippen LogP contribution in [0.2, 0.25) is 10.0 Å². The standard InChI is InChI=1S/C16H12Cl2N2O2/c1-9-19-14-6-10(16(21)22)3-5-15(14)20(9)8-11-2-4-12(17)7-13(11)18/h2-7H,8H2,1H3,(H,21,22). The van der Waals surface area contributed by atoms with Gasteiger partial charge in [0.15, 0.2) is 0 Å². The number of carbonyl (C=O) groups is 1. The van der Waals surface area contributed by atoms with E-state index in [2.05, 4.69) is 4.98 Å². The van der Waals surface area contributed by atoms with E-state index in [1.165, 1.54) is 0 Å². The summed E-state index contributed by atoms with van der Waals surface area (Å²) in [6, 6.07) is 10.3. The van der Waals surface area contributed by atoms with Crippen molar-refractivity contribution in [3.8, 4) is 0 Å². The number of halogens is 2. The topological polar surface area (TPSA) is 55.1 Å². The average Bonchev–Trinajstić information content (AvgIpc) is 2.77. The molecule has 0 spiro atoms. The quantitative estimate of drug-likeness (QED) is 0.772. The lowest BCUT2D eigenvalue weighted by Gasteiger charge is -2.09. The van der Waals surface area contributed by atoms with Crippen LogP contribution in [-0.4, -0.2) is 20.6 Å². The number of hydrogen-bond donors (Lipinski definition) is 1. The zero-order valence-electron chi connectivity index (χ0n) is 11.7. The predicted molar refractivity (Wildman–Crippen MR) is 87.0 cm³/mol. The molecule has 0 amide bonds. The Bertz CT molecular complexity index is 887. The molecule has 1 aromatic heterocycles. The molecular weight excluding hydrogens is 323 g/mol. The maximum atomic E-state index is 11.0. The summed E-state index contributed by atoms with van der Waals surface area (Å²) in [5.74, 6) is -0.168. The zero-order valence-corrected chi connectivity index (χ0v) is 13.2. The number of fused-ring (bicyclic) bond motifs is 1. The summed E-state index contributed by atoms with van der Waals surface area (Å²) in [6.45, 7) is 2.43. The van der Waals surface area contributed by atoms with Gasteiger partial charge in [-0.05, 0) is 42.8 Å². The highest BCUT2D eigenvalue weighted by Crippen LogP contribution is 2.25. The van der Waals surface area contributed by atoms with Gasteiger partial charge in [-0.1, -0.05) is 29.3 Å². The molecule has 0 unspecified atom stereocenters. The van der Waals surface area contributed by atoms with Crippen LogP contribution in [0.1, 0.15) is 21.7 Å². The Kier molecular flexibility index (Phi) is 3.81. The summed E-state index contributed by atoms with van der Waals surface area (Å²) in [5, 5.41) is 10.2. The van der Waals surface area contributed by atoms with Crippen molar-refractivity contribution in [3.05, 3.63) is 63.4 Å². The van der Waals surface area contributed by atoms with E-state index in [9.17, 15) is 4.79 Å². The molecule has 2 aromatic carbocycles. The highest BCUT2D eigenvalue weighted by molar-refractivity contribution is 6.35. The molecule has 0 aliphatic rings. The van der Waals surface area contributed by atoms with Crippen LogP contribution in [0.5, 0.6) is 0 Å². The largest absolute Gasteiger partial charge is 0.478 e. The Morgan fingerprint density at radius 2 is 2.00 bits per heavy atom. The van der Waals surface area contributed by atoms with Crippen molar-refractivity contribution in [1.82, 2.24) is 9.55 Å². The minimum Gasteiger partial charge on any atom is -0.478 e. The van der Waals surface area contributed by atoms with Crippen LogP contribution >= 0.6 is 23.2 Å². The molecule has 0 aliphatic heterocycles. The third-order valence-electron chi connectivity index (χ3n) is 3.53. The molecule has 0 saturated carbocycles. The van der Waals surface area contributed by atoms with E-state index >= 15 is 0 Å². The second-order valence-electron chi connectivity index (χ2n) is 4.99. The van der Waals surface area contributed by atoms with Crippen molar-refractivity contribution in [2.45, 2.75) is 13.5 Å². The first-order valence-electron chi connectivity index (χ1n) is 6.60. The maximum absolute atomic E-state index is 11.0. The van der Waals surface area contributed by atoms with Crippen molar-refractivity contribution >= 4 is 40.2 Å². The van der Waals surface area contributed by atoms with Crippen molar-refractivity contribution in [2.75, 3.05) is 0 Å². The molecule has 1 N–H and O–H groups in total. The van der Waals surface area contributed by atoms with E-state index in [-0.39, 0.29) is 5.56 Å². The summed E-state index contributed by atoms with van der Waals surface area (Å²) in [6.07, 6.45) is 0. The van der Waals surface area contributed by atoms with Crippen molar-refractivity contribution < 1.29 is 9.90 Å². The molecule has 1 heterocycles. The van der Waals surface area contributed by atoms with E-state index < -0.39 is 5.97 Å². The van der Waals surface area contributed by atoms with Gasteiger partial charge < -0.3 is 9.67 Å². The van der Waals surface area contributed by atoms with Crippen LogP contribution in [0.15, 0.2) is 36.4 Å². The normalized spacial score (nSPS) is 11.0. The summed E-state index contributed by atoms with van der Waals surface area (Å²) in [7, 11) is 0. The smallest absolute Gasteiger partial charge is 0.335 e. The molecule has 112 valence electrons. The number of nitrogens with zero attached hydrogens (tertiary/aromatic N) is 2. The SMILES string of the molecule is Cc1nc2cc(C(=O)O)ccc2n1Cc1ccc(Cl)cc1Cl. The van der Waals surface area contributed by atoms with E-state index in [0.29, 0.717) is 22.1 Å². The molecule has 6 heteroatoms. The van der Waals surface area contributed by atoms with Gasteiger partial charge in [0.1, 0.15) is 5.82 Å². The van der Waals surface area contributed by atoms with Crippen LogP contribution < -0.4 is 0 Å². The first-order chi connectivity index (χ1) is 10.5. The number of hydrogen-bond acceptors (Lipinski definition) is 2. The minimum atomic E-state index is -0.963. The molecule has 0 fully saturated rings. The van der Waals surface area contributed by atoms with Crippen LogP contribution in [0, 0.1) is 6.92 Å². The van der Waals surface area contributed by atoms with Gasteiger partial charge in [0.25, 0.3) is 0 Å².